The van der Waals surface area contributed by atoms with E-state index in [1.807, 2.05) is 43.3 Å². The van der Waals surface area contributed by atoms with Crippen LogP contribution >= 0.6 is 22.9 Å². The summed E-state index contributed by atoms with van der Waals surface area (Å²) in [7, 11) is 0. The molecule has 2 atom stereocenters. The van der Waals surface area contributed by atoms with Crippen molar-refractivity contribution in [2.75, 3.05) is 0 Å². The fourth-order valence-corrected chi connectivity index (χ4v) is 3.33. The fraction of sp³-hybridized carbons (Fsp3) is 0.267. The number of benzene rings is 1. The van der Waals surface area contributed by atoms with Crippen LogP contribution in [-0.2, 0) is 11.2 Å². The van der Waals surface area contributed by atoms with E-state index in [1.54, 1.807) is 0 Å². The van der Waals surface area contributed by atoms with E-state index < -0.39 is 6.10 Å². The minimum absolute atomic E-state index is 0.0627. The van der Waals surface area contributed by atoms with Crippen molar-refractivity contribution in [2.24, 2.45) is 0 Å². The zero-order valence-corrected chi connectivity index (χ0v) is 12.5. The number of hydrogen-bond donors (Lipinski definition) is 1. The molecule has 1 aliphatic heterocycles. The molecule has 1 N–H and O–H groups in total. The number of nitrogens with one attached hydrogen (secondary N) is 1. The quantitative estimate of drug-likeness (QED) is 0.941. The van der Waals surface area contributed by atoms with Gasteiger partial charge in [0.15, 0.2) is 6.10 Å². The molecule has 0 fully saturated rings. The Balaban J connectivity index is 1.64. The molecule has 0 bridgehead atoms. The third kappa shape index (κ3) is 2.67. The summed E-state index contributed by atoms with van der Waals surface area (Å²) in [6, 6.07) is 11.5. The number of fused-ring (bicyclic) bond motifs is 1. The highest BCUT2D eigenvalue weighted by atomic mass is 35.5. The molecule has 2 heterocycles. The Kier molecular flexibility index (Phi) is 3.68. The van der Waals surface area contributed by atoms with Crippen LogP contribution in [0, 0.1) is 0 Å². The second-order valence-electron chi connectivity index (χ2n) is 4.79. The van der Waals surface area contributed by atoms with Gasteiger partial charge in [0.1, 0.15) is 5.75 Å². The van der Waals surface area contributed by atoms with E-state index in [0.29, 0.717) is 6.42 Å². The molecule has 104 valence electrons. The number of amides is 1. The predicted molar refractivity (Wildman–Crippen MR) is 80.4 cm³/mol. The summed E-state index contributed by atoms with van der Waals surface area (Å²) in [4.78, 5) is 13.3. The van der Waals surface area contributed by atoms with Gasteiger partial charge in [-0.15, -0.1) is 11.3 Å². The molecule has 1 aromatic carbocycles. The second kappa shape index (κ2) is 5.46. The van der Waals surface area contributed by atoms with Crippen LogP contribution in [-0.4, -0.2) is 12.0 Å². The molecule has 0 saturated heterocycles. The Morgan fingerprint density at radius 1 is 1.40 bits per heavy atom. The molecule has 0 saturated carbocycles. The third-order valence-corrected chi connectivity index (χ3v) is 4.73. The molecule has 0 aliphatic carbocycles. The van der Waals surface area contributed by atoms with Crippen LogP contribution in [0.2, 0.25) is 4.34 Å². The van der Waals surface area contributed by atoms with Crippen molar-refractivity contribution in [1.29, 1.82) is 0 Å². The Morgan fingerprint density at radius 2 is 2.20 bits per heavy atom. The molecular weight excluding hydrogens is 294 g/mol. The lowest BCUT2D eigenvalue weighted by Crippen LogP contribution is -2.38. The molecular formula is C15H14ClNO2S. The summed E-state index contributed by atoms with van der Waals surface area (Å²) < 4.78 is 6.40. The number of halogens is 1. The van der Waals surface area contributed by atoms with Gasteiger partial charge in [-0.25, -0.2) is 0 Å². The monoisotopic (exact) mass is 307 g/mol. The predicted octanol–water partition coefficient (Wildman–Crippen LogP) is 3.58. The lowest BCUT2D eigenvalue weighted by Gasteiger charge is -2.16. The first-order chi connectivity index (χ1) is 9.63. The van der Waals surface area contributed by atoms with Crippen molar-refractivity contribution < 1.29 is 9.53 Å². The van der Waals surface area contributed by atoms with Crippen LogP contribution in [0.15, 0.2) is 36.4 Å². The highest BCUT2D eigenvalue weighted by Crippen LogP contribution is 2.30. The van der Waals surface area contributed by atoms with Gasteiger partial charge >= 0.3 is 0 Å². The maximum Gasteiger partial charge on any atom is 0.261 e. The first kappa shape index (κ1) is 13.5. The van der Waals surface area contributed by atoms with Crippen LogP contribution in [0.5, 0.6) is 5.75 Å². The van der Waals surface area contributed by atoms with E-state index in [4.69, 9.17) is 16.3 Å². The summed E-state index contributed by atoms with van der Waals surface area (Å²) in [5.41, 5.74) is 1.08. The van der Waals surface area contributed by atoms with Crippen LogP contribution < -0.4 is 10.1 Å². The molecule has 3 rings (SSSR count). The van der Waals surface area contributed by atoms with Gasteiger partial charge in [0.2, 0.25) is 0 Å². The van der Waals surface area contributed by atoms with Crippen molar-refractivity contribution in [3.63, 3.8) is 0 Å². The number of thiophene rings is 1. The van der Waals surface area contributed by atoms with Crippen molar-refractivity contribution in [2.45, 2.75) is 25.5 Å². The molecule has 1 aromatic heterocycles. The number of hydrogen-bond acceptors (Lipinski definition) is 3. The van der Waals surface area contributed by atoms with Gasteiger partial charge in [0.25, 0.3) is 5.91 Å². The highest BCUT2D eigenvalue weighted by Gasteiger charge is 2.29. The third-order valence-electron chi connectivity index (χ3n) is 3.32. The number of rotatable bonds is 3. The molecule has 0 spiro atoms. The van der Waals surface area contributed by atoms with Crippen LogP contribution in [0.3, 0.4) is 0 Å². The standard InChI is InChI=1S/C15H14ClNO2S/c1-9(13-6-7-14(16)20-13)17-15(18)12-8-10-4-2-3-5-11(10)19-12/h2-7,9,12H,8H2,1H3,(H,17,18)/t9-,12-/m0/s1. The summed E-state index contributed by atoms with van der Waals surface area (Å²) in [6.07, 6.45) is 0.185. The SMILES string of the molecule is C[C@H](NC(=O)[C@@H]1Cc2ccccc2O1)c1ccc(Cl)s1. The average molecular weight is 308 g/mol. The van der Waals surface area contributed by atoms with Crippen molar-refractivity contribution in [3.8, 4) is 5.75 Å². The topological polar surface area (TPSA) is 38.3 Å². The van der Waals surface area contributed by atoms with Gasteiger partial charge in [0.05, 0.1) is 10.4 Å². The zero-order valence-electron chi connectivity index (χ0n) is 10.9. The molecule has 1 amide bonds. The molecule has 5 heteroatoms. The lowest BCUT2D eigenvalue weighted by molar-refractivity contribution is -0.127. The molecule has 2 aromatic rings. The summed E-state index contributed by atoms with van der Waals surface area (Å²) in [5, 5.41) is 2.97. The van der Waals surface area contributed by atoms with E-state index in [0.717, 1.165) is 20.5 Å². The number of carbonyl (C=O) groups is 1. The van der Waals surface area contributed by atoms with Gasteiger partial charge in [-0.2, -0.15) is 0 Å². The Hall–Kier alpha value is -1.52. The molecule has 0 unspecified atom stereocenters. The Bertz CT molecular complexity index is 615. The molecule has 20 heavy (non-hydrogen) atoms. The van der Waals surface area contributed by atoms with Gasteiger partial charge in [-0.05, 0) is 30.7 Å². The Labute approximate surface area is 126 Å². The second-order valence-corrected chi connectivity index (χ2v) is 6.54. The maximum atomic E-state index is 12.2. The number of ether oxygens (including phenoxy) is 1. The molecule has 0 radical (unpaired) electrons. The average Bonchev–Trinajstić information content (AvgIpc) is 3.04. The number of carbonyl (C=O) groups excluding carboxylic acids is 1. The first-order valence-electron chi connectivity index (χ1n) is 6.43. The minimum atomic E-state index is -0.440. The van der Waals surface area contributed by atoms with Gasteiger partial charge < -0.3 is 10.1 Å². The van der Waals surface area contributed by atoms with Crippen molar-refractivity contribution in [1.82, 2.24) is 5.32 Å². The smallest absolute Gasteiger partial charge is 0.261 e. The summed E-state index contributed by atoms with van der Waals surface area (Å²) in [6.45, 7) is 1.95. The van der Waals surface area contributed by atoms with Crippen LogP contribution in [0.4, 0.5) is 0 Å². The zero-order chi connectivity index (χ0) is 14.1. The van der Waals surface area contributed by atoms with Crippen molar-refractivity contribution >= 4 is 28.8 Å². The fourth-order valence-electron chi connectivity index (χ4n) is 2.27. The van der Waals surface area contributed by atoms with Gasteiger partial charge in [-0.3, -0.25) is 4.79 Å². The highest BCUT2D eigenvalue weighted by molar-refractivity contribution is 7.16. The minimum Gasteiger partial charge on any atom is -0.480 e. The number of para-hydroxylation sites is 1. The first-order valence-corrected chi connectivity index (χ1v) is 7.63. The van der Waals surface area contributed by atoms with E-state index in [-0.39, 0.29) is 11.9 Å². The largest absolute Gasteiger partial charge is 0.480 e. The lowest BCUT2D eigenvalue weighted by atomic mass is 10.1. The van der Waals surface area contributed by atoms with E-state index in [9.17, 15) is 4.79 Å². The van der Waals surface area contributed by atoms with E-state index in [1.165, 1.54) is 11.3 Å². The normalized spacial score (nSPS) is 18.2. The van der Waals surface area contributed by atoms with E-state index in [2.05, 4.69) is 5.32 Å². The van der Waals surface area contributed by atoms with Crippen LogP contribution in [0.25, 0.3) is 0 Å². The van der Waals surface area contributed by atoms with E-state index >= 15 is 0 Å². The summed E-state index contributed by atoms with van der Waals surface area (Å²) in [5.74, 6) is 0.720. The van der Waals surface area contributed by atoms with Gasteiger partial charge in [-0.1, -0.05) is 29.8 Å². The van der Waals surface area contributed by atoms with Crippen LogP contribution in [0.1, 0.15) is 23.4 Å². The molecule has 3 nitrogen and oxygen atoms in total. The van der Waals surface area contributed by atoms with Gasteiger partial charge in [0, 0.05) is 11.3 Å². The maximum absolute atomic E-state index is 12.2. The summed E-state index contributed by atoms with van der Waals surface area (Å²) >= 11 is 7.39. The Morgan fingerprint density at radius 3 is 2.90 bits per heavy atom. The molecule has 1 aliphatic rings. The van der Waals surface area contributed by atoms with Crippen molar-refractivity contribution in [3.05, 3.63) is 51.2 Å².